The normalized spacial score (nSPS) is 13.0. The molecule has 21 heavy (non-hydrogen) atoms. The quantitative estimate of drug-likeness (QED) is 0.529. The van der Waals surface area contributed by atoms with Crippen molar-refractivity contribution >= 4 is 9.84 Å². The lowest BCUT2D eigenvalue weighted by molar-refractivity contribution is 0.390. The largest absolute Gasteiger partial charge is 0.497 e. The second kappa shape index (κ2) is 8.21. The van der Waals surface area contributed by atoms with Gasteiger partial charge in [0.1, 0.15) is 21.3 Å². The van der Waals surface area contributed by atoms with E-state index in [1.807, 2.05) is 12.1 Å². The molecule has 0 aromatic heterocycles. The zero-order chi connectivity index (χ0) is 15.9. The summed E-state index contributed by atoms with van der Waals surface area (Å²) in [7, 11) is 0.212. The predicted octanol–water partition coefficient (Wildman–Crippen LogP) is 1.42. The molecule has 0 aliphatic heterocycles. The summed E-state index contributed by atoms with van der Waals surface area (Å²) >= 11 is 0. The van der Waals surface area contributed by atoms with Crippen molar-refractivity contribution < 1.29 is 17.9 Å². The second-order valence-corrected chi connectivity index (χ2v) is 7.22. The Hall–Kier alpha value is -1.31. The fourth-order valence-electron chi connectivity index (χ4n) is 2.03. The van der Waals surface area contributed by atoms with Crippen LogP contribution in [0.1, 0.15) is 31.4 Å². The Morgan fingerprint density at radius 2 is 1.76 bits per heavy atom. The molecular weight excluding hydrogens is 292 g/mol. The molecule has 3 N–H and O–H groups in total. The minimum absolute atomic E-state index is 0.152. The van der Waals surface area contributed by atoms with E-state index in [0.717, 1.165) is 5.56 Å². The van der Waals surface area contributed by atoms with Crippen LogP contribution in [0, 0.1) is 0 Å². The smallest absolute Gasteiger partial charge is 0.150 e. The first kappa shape index (κ1) is 17.7. The summed E-state index contributed by atoms with van der Waals surface area (Å²) in [6.07, 6.45) is 1.16. The van der Waals surface area contributed by atoms with E-state index in [1.54, 1.807) is 27.2 Å². The van der Waals surface area contributed by atoms with Crippen LogP contribution in [0.4, 0.5) is 0 Å². The first-order valence-electron chi connectivity index (χ1n) is 6.85. The zero-order valence-electron chi connectivity index (χ0n) is 12.8. The van der Waals surface area contributed by atoms with Gasteiger partial charge in [0.05, 0.1) is 20.0 Å². The van der Waals surface area contributed by atoms with Crippen molar-refractivity contribution in [2.24, 2.45) is 5.84 Å². The van der Waals surface area contributed by atoms with Gasteiger partial charge in [-0.15, -0.1) is 0 Å². The third-order valence-electron chi connectivity index (χ3n) is 3.37. The molecule has 0 saturated carbocycles. The maximum atomic E-state index is 11.5. The van der Waals surface area contributed by atoms with Gasteiger partial charge in [-0.25, -0.2) is 8.42 Å². The molecule has 0 saturated heterocycles. The number of methoxy groups -OCH3 is 2. The van der Waals surface area contributed by atoms with Crippen molar-refractivity contribution in [2.75, 3.05) is 25.7 Å². The molecule has 1 unspecified atom stereocenters. The van der Waals surface area contributed by atoms with E-state index >= 15 is 0 Å². The standard InChI is InChI=1S/C14H24N2O4S/c1-4-21(17,18)7-5-6-14(16-15)11-8-12(19-2)10-13(9-11)20-3/h8-10,14,16H,4-7,15H2,1-3H3. The monoisotopic (exact) mass is 316 g/mol. The first-order valence-corrected chi connectivity index (χ1v) is 8.67. The fourth-order valence-corrected chi connectivity index (χ4v) is 2.92. The zero-order valence-corrected chi connectivity index (χ0v) is 13.6. The van der Waals surface area contributed by atoms with Crippen LogP contribution in [0.25, 0.3) is 0 Å². The third-order valence-corrected chi connectivity index (χ3v) is 5.16. The average Bonchev–Trinajstić information content (AvgIpc) is 2.50. The summed E-state index contributed by atoms with van der Waals surface area (Å²) in [5.41, 5.74) is 3.62. The van der Waals surface area contributed by atoms with Gasteiger partial charge in [0.2, 0.25) is 0 Å². The molecule has 6 nitrogen and oxygen atoms in total. The van der Waals surface area contributed by atoms with E-state index in [4.69, 9.17) is 15.3 Å². The number of sulfone groups is 1. The minimum atomic E-state index is -2.95. The molecule has 0 fully saturated rings. The van der Waals surface area contributed by atoms with Crippen LogP contribution in [0.15, 0.2) is 18.2 Å². The molecule has 0 radical (unpaired) electrons. The number of hydrazine groups is 1. The lowest BCUT2D eigenvalue weighted by atomic mass is 10.0. The number of nitrogens with one attached hydrogen (secondary N) is 1. The van der Waals surface area contributed by atoms with Crippen molar-refractivity contribution in [3.05, 3.63) is 23.8 Å². The van der Waals surface area contributed by atoms with Gasteiger partial charge in [0.15, 0.2) is 0 Å². The summed E-state index contributed by atoms with van der Waals surface area (Å²) in [6, 6.07) is 5.35. The highest BCUT2D eigenvalue weighted by Gasteiger charge is 2.15. The van der Waals surface area contributed by atoms with E-state index < -0.39 is 9.84 Å². The summed E-state index contributed by atoms with van der Waals surface area (Å²) in [5, 5.41) is 0. The maximum absolute atomic E-state index is 11.5. The summed E-state index contributed by atoms with van der Waals surface area (Å²) in [6.45, 7) is 1.65. The van der Waals surface area contributed by atoms with Crippen LogP contribution in [0.2, 0.25) is 0 Å². The molecule has 0 aliphatic rings. The average molecular weight is 316 g/mol. The van der Waals surface area contributed by atoms with Crippen LogP contribution in [-0.2, 0) is 9.84 Å². The van der Waals surface area contributed by atoms with Crippen LogP contribution in [0.5, 0.6) is 11.5 Å². The van der Waals surface area contributed by atoms with Crippen LogP contribution in [0.3, 0.4) is 0 Å². The van der Waals surface area contributed by atoms with Gasteiger partial charge < -0.3 is 9.47 Å². The molecule has 0 aliphatic carbocycles. The summed E-state index contributed by atoms with van der Waals surface area (Å²) in [5.74, 6) is 7.27. The third kappa shape index (κ3) is 5.53. The molecule has 0 heterocycles. The van der Waals surface area contributed by atoms with E-state index in [1.165, 1.54) is 0 Å². The van der Waals surface area contributed by atoms with Crippen LogP contribution >= 0.6 is 0 Å². The van der Waals surface area contributed by atoms with Gasteiger partial charge in [-0.1, -0.05) is 6.92 Å². The molecule has 0 bridgehead atoms. The molecule has 7 heteroatoms. The summed E-state index contributed by atoms with van der Waals surface area (Å²) in [4.78, 5) is 0. The molecule has 0 spiro atoms. The Kier molecular flexibility index (Phi) is 6.94. The molecule has 0 amide bonds. The number of hydrogen-bond acceptors (Lipinski definition) is 6. The van der Waals surface area contributed by atoms with E-state index in [9.17, 15) is 8.42 Å². The maximum Gasteiger partial charge on any atom is 0.150 e. The molecular formula is C14H24N2O4S. The molecule has 1 aromatic carbocycles. The Bertz CT molecular complexity index is 524. The first-order chi connectivity index (χ1) is 9.95. The number of nitrogens with two attached hydrogens (primary N) is 1. The minimum Gasteiger partial charge on any atom is -0.497 e. The van der Waals surface area contributed by atoms with Crippen molar-refractivity contribution in [3.63, 3.8) is 0 Å². The number of hydrogen-bond donors (Lipinski definition) is 2. The molecule has 120 valence electrons. The van der Waals surface area contributed by atoms with E-state index in [-0.39, 0.29) is 17.5 Å². The van der Waals surface area contributed by atoms with Crippen LogP contribution < -0.4 is 20.7 Å². The molecule has 1 rings (SSSR count). The van der Waals surface area contributed by atoms with Gasteiger partial charge in [-0.3, -0.25) is 11.3 Å². The number of rotatable bonds is 9. The Morgan fingerprint density at radius 1 is 1.19 bits per heavy atom. The Balaban J connectivity index is 2.80. The van der Waals surface area contributed by atoms with Crippen LogP contribution in [-0.4, -0.2) is 34.1 Å². The van der Waals surface area contributed by atoms with Gasteiger partial charge in [-0.05, 0) is 30.5 Å². The van der Waals surface area contributed by atoms with Gasteiger partial charge >= 0.3 is 0 Å². The second-order valence-electron chi connectivity index (χ2n) is 4.74. The van der Waals surface area contributed by atoms with Crippen molar-refractivity contribution in [1.82, 2.24) is 5.43 Å². The summed E-state index contributed by atoms with van der Waals surface area (Å²) < 4.78 is 33.5. The van der Waals surface area contributed by atoms with Crippen molar-refractivity contribution in [1.29, 1.82) is 0 Å². The van der Waals surface area contributed by atoms with Gasteiger partial charge in [0.25, 0.3) is 0 Å². The lowest BCUT2D eigenvalue weighted by Crippen LogP contribution is -2.28. The van der Waals surface area contributed by atoms with Crippen molar-refractivity contribution in [2.45, 2.75) is 25.8 Å². The van der Waals surface area contributed by atoms with E-state index in [2.05, 4.69) is 5.43 Å². The van der Waals surface area contributed by atoms with Gasteiger partial charge in [-0.2, -0.15) is 0 Å². The highest BCUT2D eigenvalue weighted by Crippen LogP contribution is 2.28. The number of ether oxygens (including phenoxy) is 2. The Labute approximate surface area is 126 Å². The predicted molar refractivity (Wildman–Crippen MR) is 83.2 cm³/mol. The van der Waals surface area contributed by atoms with E-state index in [0.29, 0.717) is 24.3 Å². The highest BCUT2D eigenvalue weighted by atomic mass is 32.2. The fraction of sp³-hybridized carbons (Fsp3) is 0.571. The lowest BCUT2D eigenvalue weighted by Gasteiger charge is -2.18. The molecule has 1 aromatic rings. The highest BCUT2D eigenvalue weighted by molar-refractivity contribution is 7.91. The van der Waals surface area contributed by atoms with Crippen molar-refractivity contribution in [3.8, 4) is 11.5 Å². The SMILES string of the molecule is CCS(=O)(=O)CCCC(NN)c1cc(OC)cc(OC)c1. The molecule has 1 atom stereocenters. The van der Waals surface area contributed by atoms with Gasteiger partial charge in [0, 0.05) is 17.9 Å². The number of benzene rings is 1. The Morgan fingerprint density at radius 3 is 2.19 bits per heavy atom. The topological polar surface area (TPSA) is 90.7 Å².